The third kappa shape index (κ3) is 7.00. The third-order valence-corrected chi connectivity index (χ3v) is 7.04. The molecule has 0 saturated heterocycles. The van der Waals surface area contributed by atoms with Crippen LogP contribution in [0.15, 0.2) is 90.0 Å². The molecule has 1 aliphatic heterocycles. The smallest absolute Gasteiger partial charge is 0.265 e. The predicted molar refractivity (Wildman–Crippen MR) is 161 cm³/mol. The van der Waals surface area contributed by atoms with Crippen molar-refractivity contribution < 1.29 is 37.3 Å². The predicted octanol–water partition coefficient (Wildman–Crippen LogP) is 5.69. The molecule has 3 aromatic carbocycles. The largest absolute Gasteiger partial charge is 0.487 e. The van der Waals surface area contributed by atoms with E-state index >= 15 is 4.39 Å². The zero-order chi connectivity index (χ0) is 31.2. The molecule has 3 heterocycles. The Morgan fingerprint density at radius 3 is 2.27 bits per heavy atom. The van der Waals surface area contributed by atoms with Gasteiger partial charge in [0.15, 0.2) is 28.8 Å². The van der Waals surface area contributed by atoms with Crippen LogP contribution >= 0.6 is 0 Å². The molecule has 0 unspecified atom stereocenters. The molecule has 0 amide bonds. The maximum absolute atomic E-state index is 15.3. The van der Waals surface area contributed by atoms with Crippen LogP contribution in [0.4, 0.5) is 8.78 Å². The molecule has 0 N–H and O–H groups in total. The summed E-state index contributed by atoms with van der Waals surface area (Å²) in [5.41, 5.74) is 0.704. The average Bonchev–Trinajstić information content (AvgIpc) is 3.03. The van der Waals surface area contributed by atoms with E-state index in [1.54, 1.807) is 36.5 Å². The van der Waals surface area contributed by atoms with Gasteiger partial charge in [-0.1, -0.05) is 6.07 Å². The summed E-state index contributed by atoms with van der Waals surface area (Å²) < 4.78 is 58.6. The number of nitrogens with zero attached hydrogens (tertiary/aromatic N) is 2. The molecule has 0 radical (unpaired) electrons. The summed E-state index contributed by atoms with van der Waals surface area (Å²) in [6, 6.07) is 17.6. The van der Waals surface area contributed by atoms with E-state index in [-0.39, 0.29) is 24.3 Å². The molecule has 230 valence electrons. The second-order valence-electron chi connectivity index (χ2n) is 10.1. The van der Waals surface area contributed by atoms with Crippen molar-refractivity contribution in [3.8, 4) is 28.7 Å². The van der Waals surface area contributed by atoms with E-state index in [1.807, 2.05) is 0 Å². The normalized spacial score (nSPS) is 13.9. The molecule has 11 heteroatoms. The Bertz CT molecular complexity index is 1890. The molecule has 5 aromatic rings. The van der Waals surface area contributed by atoms with Crippen molar-refractivity contribution in [3.63, 3.8) is 0 Å². The topological polar surface area (TPSA) is 98.1 Å². The molecular weight excluding hydrogens is 586 g/mol. The Kier molecular flexibility index (Phi) is 9.09. The van der Waals surface area contributed by atoms with E-state index < -0.39 is 23.0 Å². The van der Waals surface area contributed by atoms with Gasteiger partial charge in [0.1, 0.15) is 24.8 Å². The van der Waals surface area contributed by atoms with Crippen LogP contribution in [0, 0.1) is 11.6 Å². The number of fused-ring (bicyclic) bond motifs is 2. The zero-order valence-corrected chi connectivity index (χ0v) is 24.0. The standard InChI is InChI=1S/C34H28F2N2O7/c35-23-4-6-24(7-5-23)38-11-1-2-25(34(38)40)29(39)19-22-3-8-31(27(36)18-22)45-30-9-10-37-28-21-33-32(20-26(28)30)43-16-14-41-12-13-42-15-17-44-33/h1-11,18,20-21H,12-17,19H2. The van der Waals surface area contributed by atoms with Crippen LogP contribution in [-0.4, -0.2) is 55.0 Å². The molecule has 45 heavy (non-hydrogen) atoms. The number of carbonyl (C=O) groups is 1. The minimum absolute atomic E-state index is 0.0624. The van der Waals surface area contributed by atoms with Crippen molar-refractivity contribution in [2.75, 3.05) is 39.6 Å². The number of hydrogen-bond donors (Lipinski definition) is 0. The maximum atomic E-state index is 15.3. The van der Waals surface area contributed by atoms with Crippen molar-refractivity contribution in [2.24, 2.45) is 0 Å². The number of benzene rings is 3. The van der Waals surface area contributed by atoms with Crippen molar-refractivity contribution in [2.45, 2.75) is 6.42 Å². The number of hydrogen-bond acceptors (Lipinski definition) is 8. The molecule has 0 fully saturated rings. The van der Waals surface area contributed by atoms with Gasteiger partial charge in [0.05, 0.1) is 37.5 Å². The highest BCUT2D eigenvalue weighted by Gasteiger charge is 2.17. The van der Waals surface area contributed by atoms with Gasteiger partial charge in [0, 0.05) is 36.0 Å². The number of ketones is 1. The van der Waals surface area contributed by atoms with Crippen LogP contribution in [0.1, 0.15) is 15.9 Å². The number of halogens is 2. The lowest BCUT2D eigenvalue weighted by atomic mass is 10.0. The summed E-state index contributed by atoms with van der Waals surface area (Å²) in [7, 11) is 0. The van der Waals surface area contributed by atoms with Crippen molar-refractivity contribution in [3.05, 3.63) is 118 Å². The van der Waals surface area contributed by atoms with Gasteiger partial charge in [-0.15, -0.1) is 0 Å². The number of aromatic nitrogens is 2. The summed E-state index contributed by atoms with van der Waals surface area (Å²) in [6.07, 6.45) is 2.82. The Morgan fingerprint density at radius 2 is 1.53 bits per heavy atom. The molecule has 9 nitrogen and oxygen atoms in total. The fraction of sp³-hybridized carbons (Fsp3) is 0.206. The van der Waals surface area contributed by atoms with Crippen LogP contribution in [-0.2, 0) is 15.9 Å². The maximum Gasteiger partial charge on any atom is 0.265 e. The summed E-state index contributed by atoms with van der Waals surface area (Å²) in [6.45, 7) is 2.28. The molecular formula is C34H28F2N2O7. The van der Waals surface area contributed by atoms with Gasteiger partial charge in [-0.2, -0.15) is 0 Å². The first-order valence-electron chi connectivity index (χ1n) is 14.3. The number of pyridine rings is 2. The van der Waals surface area contributed by atoms with Crippen LogP contribution in [0.25, 0.3) is 16.6 Å². The second-order valence-corrected chi connectivity index (χ2v) is 10.1. The lowest BCUT2D eigenvalue weighted by molar-refractivity contribution is 0.0224. The summed E-state index contributed by atoms with van der Waals surface area (Å²) >= 11 is 0. The van der Waals surface area contributed by atoms with Gasteiger partial charge in [-0.3, -0.25) is 19.1 Å². The van der Waals surface area contributed by atoms with Crippen LogP contribution in [0.5, 0.6) is 23.0 Å². The number of rotatable bonds is 6. The van der Waals surface area contributed by atoms with Gasteiger partial charge in [-0.25, -0.2) is 8.78 Å². The summed E-state index contributed by atoms with van der Waals surface area (Å²) in [5, 5.41) is 0.573. The molecule has 0 aliphatic carbocycles. The first-order valence-corrected chi connectivity index (χ1v) is 14.3. The molecule has 6 rings (SSSR count). The highest BCUT2D eigenvalue weighted by molar-refractivity contribution is 5.97. The Hall–Kier alpha value is -5.13. The highest BCUT2D eigenvalue weighted by Crippen LogP contribution is 2.38. The first-order chi connectivity index (χ1) is 22.0. The molecule has 0 atom stereocenters. The van der Waals surface area contributed by atoms with E-state index in [0.717, 1.165) is 0 Å². The van der Waals surface area contributed by atoms with Crippen molar-refractivity contribution >= 4 is 16.7 Å². The van der Waals surface area contributed by atoms with Crippen LogP contribution < -0.4 is 19.8 Å². The Balaban J connectivity index is 1.21. The van der Waals surface area contributed by atoms with Crippen LogP contribution in [0.2, 0.25) is 0 Å². The summed E-state index contributed by atoms with van der Waals surface area (Å²) in [4.78, 5) is 30.5. The van der Waals surface area contributed by atoms with Crippen LogP contribution in [0.3, 0.4) is 0 Å². The van der Waals surface area contributed by atoms with Gasteiger partial charge in [-0.05, 0) is 66.2 Å². The quantitative estimate of drug-likeness (QED) is 0.225. The Labute approximate surface area is 256 Å². The van der Waals surface area contributed by atoms with E-state index in [1.165, 1.54) is 53.2 Å². The molecule has 0 bridgehead atoms. The highest BCUT2D eigenvalue weighted by atomic mass is 19.1. The molecule has 1 aliphatic rings. The minimum atomic E-state index is -0.690. The monoisotopic (exact) mass is 614 g/mol. The second kappa shape index (κ2) is 13.7. The molecule has 2 aromatic heterocycles. The summed E-state index contributed by atoms with van der Waals surface area (Å²) in [5.74, 6) is -0.402. The fourth-order valence-electron chi connectivity index (χ4n) is 4.83. The van der Waals surface area contributed by atoms with Gasteiger partial charge < -0.3 is 23.7 Å². The van der Waals surface area contributed by atoms with Crippen molar-refractivity contribution in [1.29, 1.82) is 0 Å². The lowest BCUT2D eigenvalue weighted by Gasteiger charge is -2.17. The lowest BCUT2D eigenvalue weighted by Crippen LogP contribution is -2.25. The van der Waals surface area contributed by atoms with E-state index in [2.05, 4.69) is 4.98 Å². The molecule has 0 saturated carbocycles. The van der Waals surface area contributed by atoms with Crippen molar-refractivity contribution in [1.82, 2.24) is 9.55 Å². The zero-order valence-electron chi connectivity index (χ0n) is 24.0. The molecule has 0 spiro atoms. The van der Waals surface area contributed by atoms with Gasteiger partial charge in [0.2, 0.25) is 0 Å². The van der Waals surface area contributed by atoms with E-state index in [9.17, 15) is 14.0 Å². The minimum Gasteiger partial charge on any atom is -0.487 e. The SMILES string of the molecule is O=C(Cc1ccc(Oc2ccnc3cc4c(cc23)OCCOCCOCCO4)c(F)c1)c1cccn(-c2ccc(F)cc2)c1=O. The number of ether oxygens (including phenoxy) is 5. The third-order valence-electron chi connectivity index (χ3n) is 7.04. The fourth-order valence-corrected chi connectivity index (χ4v) is 4.83. The van der Waals surface area contributed by atoms with Gasteiger partial charge in [0.25, 0.3) is 5.56 Å². The van der Waals surface area contributed by atoms with E-state index in [4.69, 9.17) is 23.7 Å². The first kappa shape index (κ1) is 29.9. The van der Waals surface area contributed by atoms with Gasteiger partial charge >= 0.3 is 0 Å². The average molecular weight is 615 g/mol. The number of Topliss-reactive ketones (excluding diaryl/α,β-unsaturated/α-hetero) is 1. The number of carbonyl (C=O) groups excluding carboxylic acids is 1. The Morgan fingerprint density at radius 1 is 0.822 bits per heavy atom. The van der Waals surface area contributed by atoms with E-state index in [0.29, 0.717) is 72.4 Å².